The third-order valence-corrected chi connectivity index (χ3v) is 2.68. The van der Waals surface area contributed by atoms with Crippen molar-refractivity contribution in [2.75, 3.05) is 7.11 Å². The van der Waals surface area contributed by atoms with Gasteiger partial charge in [0.1, 0.15) is 5.75 Å². The molecule has 0 spiro atoms. The van der Waals surface area contributed by atoms with E-state index in [4.69, 9.17) is 4.74 Å². The van der Waals surface area contributed by atoms with Crippen LogP contribution in [0.1, 0.15) is 38.3 Å². The molecule has 0 unspecified atom stereocenters. The summed E-state index contributed by atoms with van der Waals surface area (Å²) in [5.41, 5.74) is 3.75. The number of ether oxygens (including phenoxy) is 1. The summed E-state index contributed by atoms with van der Waals surface area (Å²) >= 11 is 0. The molecule has 0 aliphatic carbocycles. The lowest BCUT2D eigenvalue weighted by atomic mass is 10.0. The van der Waals surface area contributed by atoms with Crippen molar-refractivity contribution in [1.29, 1.82) is 0 Å². The number of H-pyrrole nitrogens is 1. The number of aryl methyl sites for hydroxylation is 2. The zero-order chi connectivity index (χ0) is 12.8. The number of nitrogens with one attached hydrogen (secondary N) is 1. The molecule has 1 N–H and O–H groups in total. The van der Waals surface area contributed by atoms with Crippen LogP contribution in [0.5, 0.6) is 5.75 Å². The molecule has 0 radical (unpaired) electrons. The molecule has 0 atom stereocenters. The lowest BCUT2D eigenvalue weighted by molar-refractivity contribution is 0.410. The van der Waals surface area contributed by atoms with Gasteiger partial charge in [0, 0.05) is 22.7 Å². The van der Waals surface area contributed by atoms with E-state index in [0.717, 1.165) is 12.2 Å². The molecule has 2 rings (SSSR count). The van der Waals surface area contributed by atoms with Crippen molar-refractivity contribution in [3.8, 4) is 5.75 Å². The van der Waals surface area contributed by atoms with E-state index >= 15 is 0 Å². The number of aromatic nitrogens is 1. The fourth-order valence-electron chi connectivity index (χ4n) is 1.98. The summed E-state index contributed by atoms with van der Waals surface area (Å²) in [6.07, 6.45) is 4.23. The van der Waals surface area contributed by atoms with Gasteiger partial charge in [-0.05, 0) is 31.0 Å². The summed E-state index contributed by atoms with van der Waals surface area (Å²) in [4.78, 5) is 3.26. The van der Waals surface area contributed by atoms with E-state index in [0.29, 0.717) is 0 Å². The van der Waals surface area contributed by atoms with E-state index in [9.17, 15) is 0 Å². The van der Waals surface area contributed by atoms with Gasteiger partial charge in [0.2, 0.25) is 0 Å². The van der Waals surface area contributed by atoms with E-state index in [-0.39, 0.29) is 0 Å². The lowest BCUT2D eigenvalue weighted by Gasteiger charge is -2.09. The predicted octanol–water partition coefficient (Wildman–Crippen LogP) is 4.46. The second kappa shape index (κ2) is 6.33. The Balaban J connectivity index is 0.000000437. The summed E-state index contributed by atoms with van der Waals surface area (Å²) < 4.78 is 5.38. The SMILES string of the molecule is CCC.CCc1c(OC)cc(C)c2[nH]ccc12. The number of methoxy groups -OCH3 is 1. The fourth-order valence-corrected chi connectivity index (χ4v) is 1.98. The summed E-state index contributed by atoms with van der Waals surface area (Å²) in [7, 11) is 1.73. The van der Waals surface area contributed by atoms with Crippen molar-refractivity contribution >= 4 is 10.9 Å². The van der Waals surface area contributed by atoms with Gasteiger partial charge in [-0.2, -0.15) is 0 Å². The average Bonchev–Trinajstić information content (AvgIpc) is 2.79. The number of fused-ring (bicyclic) bond motifs is 1. The number of hydrogen-bond acceptors (Lipinski definition) is 1. The summed E-state index contributed by atoms with van der Waals surface area (Å²) in [5, 5.41) is 1.28. The van der Waals surface area contributed by atoms with Gasteiger partial charge in [-0.3, -0.25) is 0 Å². The largest absolute Gasteiger partial charge is 0.496 e. The molecule has 17 heavy (non-hydrogen) atoms. The van der Waals surface area contributed by atoms with Gasteiger partial charge in [0.25, 0.3) is 0 Å². The third-order valence-electron chi connectivity index (χ3n) is 2.68. The summed E-state index contributed by atoms with van der Waals surface area (Å²) in [6, 6.07) is 4.21. The van der Waals surface area contributed by atoms with E-state index < -0.39 is 0 Å². The Labute approximate surface area is 104 Å². The second-order valence-corrected chi connectivity index (χ2v) is 4.20. The normalized spacial score (nSPS) is 9.94. The molecule has 0 amide bonds. The highest BCUT2D eigenvalue weighted by molar-refractivity contribution is 5.88. The van der Waals surface area contributed by atoms with Gasteiger partial charge >= 0.3 is 0 Å². The van der Waals surface area contributed by atoms with Crippen LogP contribution in [0.4, 0.5) is 0 Å². The minimum atomic E-state index is 0.997. The Morgan fingerprint density at radius 3 is 2.41 bits per heavy atom. The molecule has 94 valence electrons. The van der Waals surface area contributed by atoms with Crippen molar-refractivity contribution < 1.29 is 4.74 Å². The molecule has 1 heterocycles. The van der Waals surface area contributed by atoms with E-state index in [1.165, 1.54) is 28.5 Å². The Bertz CT molecular complexity index is 471. The zero-order valence-electron chi connectivity index (χ0n) is 11.6. The Morgan fingerprint density at radius 1 is 1.24 bits per heavy atom. The number of rotatable bonds is 2. The zero-order valence-corrected chi connectivity index (χ0v) is 11.6. The highest BCUT2D eigenvalue weighted by Gasteiger charge is 2.09. The number of benzene rings is 1. The van der Waals surface area contributed by atoms with Gasteiger partial charge in [0.15, 0.2) is 0 Å². The molecule has 2 heteroatoms. The smallest absolute Gasteiger partial charge is 0.123 e. The van der Waals surface area contributed by atoms with Gasteiger partial charge in [0.05, 0.1) is 7.11 Å². The maximum Gasteiger partial charge on any atom is 0.123 e. The van der Waals surface area contributed by atoms with Crippen LogP contribution in [0.25, 0.3) is 10.9 Å². The first kappa shape index (κ1) is 13.6. The van der Waals surface area contributed by atoms with Gasteiger partial charge in [-0.1, -0.05) is 27.2 Å². The van der Waals surface area contributed by atoms with E-state index in [1.54, 1.807) is 7.11 Å². The Hall–Kier alpha value is -1.44. The Morgan fingerprint density at radius 2 is 1.88 bits per heavy atom. The lowest BCUT2D eigenvalue weighted by Crippen LogP contribution is -1.92. The van der Waals surface area contributed by atoms with Gasteiger partial charge < -0.3 is 9.72 Å². The monoisotopic (exact) mass is 233 g/mol. The number of hydrogen-bond donors (Lipinski definition) is 1. The maximum absolute atomic E-state index is 5.38. The quantitative estimate of drug-likeness (QED) is 0.813. The molecule has 0 aliphatic heterocycles. The highest BCUT2D eigenvalue weighted by atomic mass is 16.5. The van der Waals surface area contributed by atoms with Crippen molar-refractivity contribution in [2.24, 2.45) is 0 Å². The maximum atomic E-state index is 5.38. The molecule has 1 aromatic heterocycles. The van der Waals surface area contributed by atoms with E-state index in [2.05, 4.69) is 44.8 Å². The van der Waals surface area contributed by atoms with Crippen LogP contribution in [-0.4, -0.2) is 12.1 Å². The van der Waals surface area contributed by atoms with Crippen LogP contribution in [0.2, 0.25) is 0 Å². The first-order valence-corrected chi connectivity index (χ1v) is 6.33. The van der Waals surface area contributed by atoms with Crippen LogP contribution in [0.3, 0.4) is 0 Å². The second-order valence-electron chi connectivity index (χ2n) is 4.20. The van der Waals surface area contributed by atoms with Crippen LogP contribution in [0, 0.1) is 6.92 Å². The summed E-state index contributed by atoms with van der Waals surface area (Å²) in [5.74, 6) is 0.997. The Kier molecular flexibility index (Phi) is 5.08. The molecule has 2 aromatic rings. The minimum absolute atomic E-state index is 0.997. The summed E-state index contributed by atoms with van der Waals surface area (Å²) in [6.45, 7) is 8.50. The van der Waals surface area contributed by atoms with Crippen LogP contribution in [-0.2, 0) is 6.42 Å². The number of aromatic amines is 1. The van der Waals surface area contributed by atoms with Crippen molar-refractivity contribution in [3.63, 3.8) is 0 Å². The molecule has 1 aromatic carbocycles. The van der Waals surface area contributed by atoms with Crippen molar-refractivity contribution in [3.05, 3.63) is 29.5 Å². The molecular formula is C15H23NO. The van der Waals surface area contributed by atoms with E-state index in [1.807, 2.05) is 6.20 Å². The first-order valence-electron chi connectivity index (χ1n) is 6.33. The predicted molar refractivity (Wildman–Crippen MR) is 74.9 cm³/mol. The highest BCUT2D eigenvalue weighted by Crippen LogP contribution is 2.30. The van der Waals surface area contributed by atoms with Gasteiger partial charge in [-0.25, -0.2) is 0 Å². The van der Waals surface area contributed by atoms with Crippen LogP contribution < -0.4 is 4.74 Å². The third kappa shape index (κ3) is 2.82. The molecular weight excluding hydrogens is 210 g/mol. The van der Waals surface area contributed by atoms with Crippen LogP contribution >= 0.6 is 0 Å². The minimum Gasteiger partial charge on any atom is -0.496 e. The first-order chi connectivity index (χ1) is 8.19. The molecule has 0 bridgehead atoms. The molecule has 2 nitrogen and oxygen atoms in total. The van der Waals surface area contributed by atoms with Gasteiger partial charge in [-0.15, -0.1) is 0 Å². The van der Waals surface area contributed by atoms with Crippen molar-refractivity contribution in [2.45, 2.75) is 40.5 Å². The average molecular weight is 233 g/mol. The molecule has 0 saturated carbocycles. The topological polar surface area (TPSA) is 25.0 Å². The van der Waals surface area contributed by atoms with Crippen molar-refractivity contribution in [1.82, 2.24) is 4.98 Å². The molecule has 0 aliphatic rings. The fraction of sp³-hybridized carbons (Fsp3) is 0.467. The van der Waals surface area contributed by atoms with Crippen LogP contribution in [0.15, 0.2) is 18.3 Å². The standard InChI is InChI=1S/C12H15NO.C3H8/c1-4-9-10-5-6-13-12(10)8(2)7-11(9)14-3;1-3-2/h5-7,13H,4H2,1-3H3;3H2,1-2H3. The molecule has 0 saturated heterocycles. The molecule has 0 fully saturated rings.